The minimum atomic E-state index is -0.187. The highest BCUT2D eigenvalue weighted by Gasteiger charge is 2.17. The molecule has 2 nitrogen and oxygen atoms in total. The highest BCUT2D eigenvalue weighted by atomic mass is 35.5. The third-order valence-corrected chi connectivity index (χ3v) is 4.30. The summed E-state index contributed by atoms with van der Waals surface area (Å²) < 4.78 is 14.4. The molecule has 0 saturated carbocycles. The van der Waals surface area contributed by atoms with Gasteiger partial charge in [0.05, 0.1) is 16.4 Å². The first-order chi connectivity index (χ1) is 10.6. The second-order valence-electron chi connectivity index (χ2n) is 5.56. The van der Waals surface area contributed by atoms with Gasteiger partial charge in [0, 0.05) is 19.3 Å². The minimum absolute atomic E-state index is 0.187. The fraction of sp³-hybridized carbons (Fsp3) is 0.278. The van der Waals surface area contributed by atoms with Crippen molar-refractivity contribution >= 4 is 29.2 Å². The quantitative estimate of drug-likeness (QED) is 0.716. The number of nitrogens with zero attached hydrogens (tertiary/aromatic N) is 2. The number of para-hydroxylation sites is 1. The van der Waals surface area contributed by atoms with Gasteiger partial charge in [-0.3, -0.25) is 4.99 Å². The first-order valence-electron chi connectivity index (χ1n) is 7.49. The summed E-state index contributed by atoms with van der Waals surface area (Å²) in [6.07, 6.45) is 3.94. The van der Waals surface area contributed by atoms with Crippen LogP contribution in [0.15, 0.2) is 41.4 Å². The Morgan fingerprint density at radius 1 is 1.18 bits per heavy atom. The third-order valence-electron chi connectivity index (χ3n) is 3.98. The number of hydrogen-bond donors (Lipinski definition) is 0. The molecular formula is C18H18ClFN2. The number of aliphatic imine (C=N–C) groups is 1. The maximum absolute atomic E-state index is 14.4. The summed E-state index contributed by atoms with van der Waals surface area (Å²) in [6.45, 7) is 3.85. The number of rotatable bonds is 3. The third kappa shape index (κ3) is 3.14. The second-order valence-corrected chi connectivity index (χ2v) is 5.97. The van der Waals surface area contributed by atoms with Crippen molar-refractivity contribution in [1.82, 2.24) is 0 Å². The Morgan fingerprint density at radius 3 is 2.64 bits per heavy atom. The van der Waals surface area contributed by atoms with Crippen molar-refractivity contribution in [3.63, 3.8) is 0 Å². The number of anilines is 1. The highest BCUT2D eigenvalue weighted by Crippen LogP contribution is 2.27. The standard InChI is InChI=1S/C18H18ClFN2/c1-13-10-18(22-8-4-5-9-22)16(20)11-14(13)12-21-17-7-3-2-6-15(17)19/h2-3,6-7,10-12H,4-5,8-9H2,1H3. The zero-order chi connectivity index (χ0) is 15.5. The predicted molar refractivity (Wildman–Crippen MR) is 91.3 cm³/mol. The molecule has 0 spiro atoms. The van der Waals surface area contributed by atoms with Crippen LogP contribution in [0.1, 0.15) is 24.0 Å². The van der Waals surface area contributed by atoms with Gasteiger partial charge in [0.15, 0.2) is 0 Å². The Hall–Kier alpha value is -1.87. The van der Waals surface area contributed by atoms with Crippen LogP contribution in [0.3, 0.4) is 0 Å². The Labute approximate surface area is 135 Å². The molecule has 2 aromatic rings. The molecule has 0 aliphatic carbocycles. The average molecular weight is 317 g/mol. The fourth-order valence-electron chi connectivity index (χ4n) is 2.72. The van der Waals surface area contributed by atoms with Crippen LogP contribution >= 0.6 is 11.6 Å². The molecule has 0 radical (unpaired) electrons. The van der Waals surface area contributed by atoms with E-state index in [0.29, 0.717) is 16.4 Å². The smallest absolute Gasteiger partial charge is 0.147 e. The van der Waals surface area contributed by atoms with E-state index in [1.165, 1.54) is 0 Å². The molecule has 114 valence electrons. The predicted octanol–water partition coefficient (Wildman–Crippen LogP) is 5.14. The van der Waals surface area contributed by atoms with Crippen molar-refractivity contribution in [2.45, 2.75) is 19.8 Å². The van der Waals surface area contributed by atoms with Crippen LogP contribution in [-0.4, -0.2) is 19.3 Å². The number of halogens is 2. The van der Waals surface area contributed by atoms with E-state index < -0.39 is 0 Å². The molecule has 1 aliphatic rings. The van der Waals surface area contributed by atoms with Gasteiger partial charge in [-0.1, -0.05) is 23.7 Å². The number of aryl methyl sites for hydroxylation is 1. The second kappa shape index (κ2) is 6.49. The summed E-state index contributed by atoms with van der Waals surface area (Å²) in [5.41, 5.74) is 3.18. The summed E-state index contributed by atoms with van der Waals surface area (Å²) in [7, 11) is 0. The molecule has 0 amide bonds. The normalized spacial score (nSPS) is 15.0. The van der Waals surface area contributed by atoms with E-state index in [9.17, 15) is 4.39 Å². The molecule has 0 bridgehead atoms. The van der Waals surface area contributed by atoms with E-state index in [0.717, 1.165) is 37.1 Å². The molecule has 22 heavy (non-hydrogen) atoms. The van der Waals surface area contributed by atoms with Gasteiger partial charge in [-0.2, -0.15) is 0 Å². The highest BCUT2D eigenvalue weighted by molar-refractivity contribution is 6.33. The van der Waals surface area contributed by atoms with Crippen molar-refractivity contribution in [3.8, 4) is 0 Å². The molecule has 0 N–H and O–H groups in total. The molecule has 1 saturated heterocycles. The van der Waals surface area contributed by atoms with Crippen molar-refractivity contribution in [2.24, 2.45) is 4.99 Å². The lowest BCUT2D eigenvalue weighted by atomic mass is 10.1. The monoisotopic (exact) mass is 316 g/mol. The van der Waals surface area contributed by atoms with Gasteiger partial charge in [-0.05, 0) is 55.2 Å². The van der Waals surface area contributed by atoms with Gasteiger partial charge < -0.3 is 4.90 Å². The van der Waals surface area contributed by atoms with Crippen LogP contribution in [0.4, 0.5) is 15.8 Å². The Kier molecular flexibility index (Phi) is 4.44. The molecule has 1 heterocycles. The van der Waals surface area contributed by atoms with Crippen molar-refractivity contribution in [1.29, 1.82) is 0 Å². The molecule has 1 aliphatic heterocycles. The zero-order valence-corrected chi connectivity index (χ0v) is 13.3. The lowest BCUT2D eigenvalue weighted by Gasteiger charge is -2.19. The van der Waals surface area contributed by atoms with E-state index in [1.54, 1.807) is 18.3 Å². The van der Waals surface area contributed by atoms with E-state index in [4.69, 9.17) is 11.6 Å². The van der Waals surface area contributed by atoms with Gasteiger partial charge in [0.1, 0.15) is 5.82 Å². The van der Waals surface area contributed by atoms with Crippen molar-refractivity contribution in [2.75, 3.05) is 18.0 Å². The van der Waals surface area contributed by atoms with E-state index in [-0.39, 0.29) is 5.82 Å². The Balaban J connectivity index is 1.88. The summed E-state index contributed by atoms with van der Waals surface area (Å²) in [5.74, 6) is -0.187. The molecule has 4 heteroatoms. The van der Waals surface area contributed by atoms with Crippen LogP contribution in [-0.2, 0) is 0 Å². The first-order valence-corrected chi connectivity index (χ1v) is 7.86. The molecule has 0 aromatic heterocycles. The molecule has 2 aromatic carbocycles. The maximum atomic E-state index is 14.4. The fourth-order valence-corrected chi connectivity index (χ4v) is 2.90. The Bertz CT molecular complexity index is 706. The zero-order valence-electron chi connectivity index (χ0n) is 12.5. The van der Waals surface area contributed by atoms with Crippen LogP contribution in [0.25, 0.3) is 0 Å². The van der Waals surface area contributed by atoms with Gasteiger partial charge in [0.2, 0.25) is 0 Å². The molecular weight excluding hydrogens is 299 g/mol. The maximum Gasteiger partial charge on any atom is 0.147 e. The van der Waals surface area contributed by atoms with Crippen molar-refractivity contribution in [3.05, 3.63) is 58.4 Å². The largest absolute Gasteiger partial charge is 0.369 e. The average Bonchev–Trinajstić information content (AvgIpc) is 3.03. The van der Waals surface area contributed by atoms with Crippen LogP contribution in [0, 0.1) is 12.7 Å². The first kappa shape index (κ1) is 15.0. The summed E-state index contributed by atoms with van der Waals surface area (Å²) in [6, 6.07) is 10.8. The Morgan fingerprint density at radius 2 is 1.91 bits per heavy atom. The van der Waals surface area contributed by atoms with Gasteiger partial charge >= 0.3 is 0 Å². The van der Waals surface area contributed by atoms with E-state index >= 15 is 0 Å². The summed E-state index contributed by atoms with van der Waals surface area (Å²) in [5, 5.41) is 0.588. The number of hydrogen-bond acceptors (Lipinski definition) is 2. The van der Waals surface area contributed by atoms with E-state index in [2.05, 4.69) is 9.89 Å². The minimum Gasteiger partial charge on any atom is -0.369 e. The van der Waals surface area contributed by atoms with E-state index in [1.807, 2.05) is 31.2 Å². The van der Waals surface area contributed by atoms with Crippen LogP contribution in [0.5, 0.6) is 0 Å². The molecule has 1 fully saturated rings. The van der Waals surface area contributed by atoms with Gasteiger partial charge in [-0.15, -0.1) is 0 Å². The molecule has 0 atom stereocenters. The summed E-state index contributed by atoms with van der Waals surface area (Å²) >= 11 is 6.08. The van der Waals surface area contributed by atoms with Crippen LogP contribution in [0.2, 0.25) is 5.02 Å². The lowest BCUT2D eigenvalue weighted by Crippen LogP contribution is -2.19. The topological polar surface area (TPSA) is 15.6 Å². The molecule has 3 rings (SSSR count). The lowest BCUT2D eigenvalue weighted by molar-refractivity contribution is 0.622. The van der Waals surface area contributed by atoms with Crippen LogP contribution < -0.4 is 4.90 Å². The number of benzene rings is 2. The summed E-state index contributed by atoms with van der Waals surface area (Å²) in [4.78, 5) is 6.48. The van der Waals surface area contributed by atoms with Gasteiger partial charge in [-0.25, -0.2) is 4.39 Å². The molecule has 0 unspecified atom stereocenters. The van der Waals surface area contributed by atoms with Gasteiger partial charge in [0.25, 0.3) is 0 Å². The SMILES string of the molecule is Cc1cc(N2CCCC2)c(F)cc1C=Nc1ccccc1Cl. The van der Waals surface area contributed by atoms with Crippen molar-refractivity contribution < 1.29 is 4.39 Å².